The van der Waals surface area contributed by atoms with Crippen LogP contribution in [0.25, 0.3) is 0 Å². The summed E-state index contributed by atoms with van der Waals surface area (Å²) in [4.78, 5) is 10.3. The number of anilines is 2. The number of aromatic nitrogens is 2. The van der Waals surface area contributed by atoms with Crippen molar-refractivity contribution < 1.29 is 4.74 Å². The van der Waals surface area contributed by atoms with Crippen LogP contribution >= 0.6 is 0 Å². The molecule has 0 aromatic carbocycles. The Balaban J connectivity index is 1.83. The SMILES string of the molecule is CNc1cc(OCCN(C)C2CC2)nc(N)n1. The van der Waals surface area contributed by atoms with Gasteiger partial charge in [-0.2, -0.15) is 9.97 Å². The molecule has 0 atom stereocenters. The molecule has 1 saturated carbocycles. The van der Waals surface area contributed by atoms with E-state index >= 15 is 0 Å². The number of nitrogens with zero attached hydrogens (tertiary/aromatic N) is 3. The highest BCUT2D eigenvalue weighted by atomic mass is 16.5. The number of ether oxygens (including phenoxy) is 1. The highest BCUT2D eigenvalue weighted by molar-refractivity contribution is 5.41. The maximum atomic E-state index is 5.57. The van der Waals surface area contributed by atoms with Gasteiger partial charge in [-0.15, -0.1) is 0 Å². The summed E-state index contributed by atoms with van der Waals surface area (Å²) in [5.74, 6) is 1.41. The van der Waals surface area contributed by atoms with Gasteiger partial charge >= 0.3 is 0 Å². The normalized spacial score (nSPS) is 15.0. The third-order valence-electron chi connectivity index (χ3n) is 2.84. The van der Waals surface area contributed by atoms with Crippen molar-refractivity contribution in [3.63, 3.8) is 0 Å². The van der Waals surface area contributed by atoms with E-state index < -0.39 is 0 Å². The van der Waals surface area contributed by atoms with Crippen LogP contribution in [-0.4, -0.2) is 48.2 Å². The minimum absolute atomic E-state index is 0.224. The lowest BCUT2D eigenvalue weighted by atomic mass is 10.5. The van der Waals surface area contributed by atoms with Crippen molar-refractivity contribution in [1.29, 1.82) is 0 Å². The number of likely N-dealkylation sites (N-methyl/N-ethyl adjacent to an activating group) is 1. The van der Waals surface area contributed by atoms with E-state index in [0.717, 1.165) is 12.6 Å². The molecule has 1 aliphatic carbocycles. The zero-order valence-corrected chi connectivity index (χ0v) is 10.3. The number of hydrogen-bond donors (Lipinski definition) is 2. The van der Waals surface area contributed by atoms with E-state index in [9.17, 15) is 0 Å². The van der Waals surface area contributed by atoms with Crippen molar-refractivity contribution in [3.8, 4) is 5.88 Å². The molecule has 0 unspecified atom stereocenters. The fraction of sp³-hybridized carbons (Fsp3) is 0.636. The second-order valence-corrected chi connectivity index (χ2v) is 4.26. The molecular formula is C11H19N5O. The van der Waals surface area contributed by atoms with Gasteiger partial charge in [0.05, 0.1) is 0 Å². The molecule has 0 saturated heterocycles. The van der Waals surface area contributed by atoms with Crippen LogP contribution in [-0.2, 0) is 0 Å². The lowest BCUT2D eigenvalue weighted by Crippen LogP contribution is -2.26. The van der Waals surface area contributed by atoms with Gasteiger partial charge in [0.25, 0.3) is 0 Å². The summed E-state index contributed by atoms with van der Waals surface area (Å²) in [5, 5.41) is 2.91. The van der Waals surface area contributed by atoms with Crippen LogP contribution in [0.4, 0.5) is 11.8 Å². The molecule has 6 heteroatoms. The molecule has 0 aliphatic heterocycles. The average molecular weight is 237 g/mol. The first-order valence-corrected chi connectivity index (χ1v) is 5.84. The Morgan fingerprint density at radius 2 is 2.29 bits per heavy atom. The Kier molecular flexibility index (Phi) is 3.63. The van der Waals surface area contributed by atoms with Crippen molar-refractivity contribution in [2.75, 3.05) is 38.3 Å². The van der Waals surface area contributed by atoms with E-state index in [1.54, 1.807) is 13.1 Å². The summed E-state index contributed by atoms with van der Waals surface area (Å²) in [6.07, 6.45) is 2.61. The molecular weight excluding hydrogens is 218 g/mol. The highest BCUT2D eigenvalue weighted by Crippen LogP contribution is 2.24. The molecule has 1 heterocycles. The lowest BCUT2D eigenvalue weighted by Gasteiger charge is -2.15. The smallest absolute Gasteiger partial charge is 0.225 e. The van der Waals surface area contributed by atoms with Crippen LogP contribution in [0.2, 0.25) is 0 Å². The molecule has 2 rings (SSSR count). The van der Waals surface area contributed by atoms with Crippen LogP contribution in [0.15, 0.2) is 6.07 Å². The standard InChI is InChI=1S/C11H19N5O/c1-13-9-7-10(15-11(12)14-9)17-6-5-16(2)8-3-4-8/h7-8H,3-6H2,1-2H3,(H3,12,13,14,15). The predicted molar refractivity (Wildman–Crippen MR) is 67.1 cm³/mol. The Hall–Kier alpha value is -1.56. The maximum Gasteiger partial charge on any atom is 0.225 e. The zero-order chi connectivity index (χ0) is 12.3. The molecule has 94 valence electrons. The Bertz CT molecular complexity index is 380. The van der Waals surface area contributed by atoms with Crippen molar-refractivity contribution in [2.24, 2.45) is 0 Å². The summed E-state index contributed by atoms with van der Waals surface area (Å²) >= 11 is 0. The van der Waals surface area contributed by atoms with Gasteiger partial charge in [0.15, 0.2) is 0 Å². The van der Waals surface area contributed by atoms with Gasteiger partial charge in [-0.1, -0.05) is 0 Å². The third-order valence-corrected chi connectivity index (χ3v) is 2.84. The molecule has 0 amide bonds. The molecule has 1 aliphatic rings. The van der Waals surface area contributed by atoms with E-state index in [1.165, 1.54) is 12.8 Å². The van der Waals surface area contributed by atoms with E-state index in [-0.39, 0.29) is 5.95 Å². The molecule has 0 spiro atoms. The fourth-order valence-corrected chi connectivity index (χ4v) is 1.64. The summed E-state index contributed by atoms with van der Waals surface area (Å²) in [6.45, 7) is 1.52. The molecule has 3 N–H and O–H groups in total. The zero-order valence-electron chi connectivity index (χ0n) is 10.3. The Morgan fingerprint density at radius 3 is 2.94 bits per heavy atom. The molecule has 1 aromatic rings. The first-order chi connectivity index (χ1) is 8.19. The molecule has 6 nitrogen and oxygen atoms in total. The van der Waals surface area contributed by atoms with Gasteiger partial charge in [0.1, 0.15) is 12.4 Å². The molecule has 1 fully saturated rings. The number of nitrogens with one attached hydrogen (secondary N) is 1. The monoisotopic (exact) mass is 237 g/mol. The van der Waals surface area contributed by atoms with Gasteiger partial charge in [0, 0.05) is 25.7 Å². The lowest BCUT2D eigenvalue weighted by molar-refractivity contribution is 0.226. The van der Waals surface area contributed by atoms with E-state index in [2.05, 4.69) is 27.2 Å². The van der Waals surface area contributed by atoms with Crippen LogP contribution in [0.1, 0.15) is 12.8 Å². The minimum atomic E-state index is 0.224. The quantitative estimate of drug-likeness (QED) is 0.753. The van der Waals surface area contributed by atoms with E-state index in [1.807, 2.05) is 0 Å². The number of nitrogens with two attached hydrogens (primary N) is 1. The number of rotatable bonds is 6. The minimum Gasteiger partial charge on any atom is -0.476 e. The molecule has 0 bridgehead atoms. The van der Waals surface area contributed by atoms with Crippen LogP contribution < -0.4 is 15.8 Å². The second kappa shape index (κ2) is 5.18. The summed E-state index contributed by atoms with van der Waals surface area (Å²) in [7, 11) is 3.90. The number of nitrogen functional groups attached to an aromatic ring is 1. The summed E-state index contributed by atoms with van der Waals surface area (Å²) in [5.41, 5.74) is 5.57. The highest BCUT2D eigenvalue weighted by Gasteiger charge is 2.25. The van der Waals surface area contributed by atoms with E-state index in [0.29, 0.717) is 18.3 Å². The second-order valence-electron chi connectivity index (χ2n) is 4.26. The number of hydrogen-bond acceptors (Lipinski definition) is 6. The van der Waals surface area contributed by atoms with Crippen molar-refractivity contribution in [1.82, 2.24) is 14.9 Å². The van der Waals surface area contributed by atoms with Gasteiger partial charge in [-0.25, -0.2) is 0 Å². The van der Waals surface area contributed by atoms with Crippen LogP contribution in [0.3, 0.4) is 0 Å². The largest absolute Gasteiger partial charge is 0.476 e. The van der Waals surface area contributed by atoms with Crippen molar-refractivity contribution in [2.45, 2.75) is 18.9 Å². The predicted octanol–water partition coefficient (Wildman–Crippen LogP) is 0.573. The third kappa shape index (κ3) is 3.45. The van der Waals surface area contributed by atoms with Gasteiger partial charge in [-0.3, -0.25) is 0 Å². The van der Waals surface area contributed by atoms with Crippen molar-refractivity contribution >= 4 is 11.8 Å². The van der Waals surface area contributed by atoms with Gasteiger partial charge < -0.3 is 20.7 Å². The molecule has 1 aromatic heterocycles. The Morgan fingerprint density at radius 1 is 1.53 bits per heavy atom. The summed E-state index contributed by atoms with van der Waals surface area (Å²) < 4.78 is 5.57. The van der Waals surface area contributed by atoms with E-state index in [4.69, 9.17) is 10.5 Å². The molecule has 17 heavy (non-hydrogen) atoms. The van der Waals surface area contributed by atoms with Gasteiger partial charge in [0.2, 0.25) is 11.8 Å². The Labute approximate surface area is 101 Å². The van der Waals surface area contributed by atoms with Crippen LogP contribution in [0, 0.1) is 0 Å². The van der Waals surface area contributed by atoms with Crippen molar-refractivity contribution in [3.05, 3.63) is 6.07 Å². The topological polar surface area (TPSA) is 76.3 Å². The molecule has 0 radical (unpaired) electrons. The summed E-state index contributed by atoms with van der Waals surface area (Å²) in [6, 6.07) is 2.50. The maximum absolute atomic E-state index is 5.57. The van der Waals surface area contributed by atoms with Gasteiger partial charge in [-0.05, 0) is 19.9 Å². The average Bonchev–Trinajstić information content (AvgIpc) is 3.12. The fourth-order valence-electron chi connectivity index (χ4n) is 1.64. The van der Waals surface area contributed by atoms with Crippen LogP contribution in [0.5, 0.6) is 5.88 Å². The first-order valence-electron chi connectivity index (χ1n) is 5.84. The first kappa shape index (κ1) is 11.9.